The largest absolute Gasteiger partial charge is 0.378 e. The molecule has 0 aliphatic carbocycles. The highest BCUT2D eigenvalue weighted by Crippen LogP contribution is 2.21. The standard InChI is InChI=1S/C12H13BrClN3/c1-8-3-4-9(5-10(8)13)15-7-12-16-6-11(14)17(12)2/h3-6,15H,7H2,1-2H3. The summed E-state index contributed by atoms with van der Waals surface area (Å²) in [4.78, 5) is 4.23. The quantitative estimate of drug-likeness (QED) is 0.935. The molecule has 0 spiro atoms. The summed E-state index contributed by atoms with van der Waals surface area (Å²) < 4.78 is 2.96. The Labute approximate surface area is 114 Å². The number of benzene rings is 1. The Morgan fingerprint density at radius 3 is 2.82 bits per heavy atom. The number of anilines is 1. The molecule has 3 nitrogen and oxygen atoms in total. The number of imidazole rings is 1. The van der Waals surface area contributed by atoms with E-state index in [4.69, 9.17) is 11.6 Å². The molecule has 2 aromatic rings. The fraction of sp³-hybridized carbons (Fsp3) is 0.250. The number of hydrogen-bond acceptors (Lipinski definition) is 2. The first-order valence-corrected chi connectivity index (χ1v) is 6.41. The summed E-state index contributed by atoms with van der Waals surface area (Å²) in [5, 5.41) is 3.96. The maximum Gasteiger partial charge on any atom is 0.128 e. The lowest BCUT2D eigenvalue weighted by Gasteiger charge is -2.08. The third-order valence-corrected chi connectivity index (χ3v) is 3.86. The number of aryl methyl sites for hydroxylation is 1. The number of halogens is 2. The van der Waals surface area contributed by atoms with E-state index in [9.17, 15) is 0 Å². The van der Waals surface area contributed by atoms with Gasteiger partial charge in [-0.25, -0.2) is 4.98 Å². The maximum absolute atomic E-state index is 5.92. The molecule has 5 heteroatoms. The van der Waals surface area contributed by atoms with Gasteiger partial charge in [0.25, 0.3) is 0 Å². The van der Waals surface area contributed by atoms with E-state index in [0.717, 1.165) is 16.0 Å². The molecule has 0 radical (unpaired) electrons. The van der Waals surface area contributed by atoms with Gasteiger partial charge in [-0.2, -0.15) is 0 Å². The first kappa shape index (κ1) is 12.5. The third-order valence-electron chi connectivity index (χ3n) is 2.65. The van der Waals surface area contributed by atoms with Gasteiger partial charge in [0.2, 0.25) is 0 Å². The number of aromatic nitrogens is 2. The maximum atomic E-state index is 5.92. The highest BCUT2D eigenvalue weighted by molar-refractivity contribution is 9.10. The molecule has 2 rings (SSSR count). The molecular formula is C12H13BrClN3. The second-order valence-corrected chi connectivity index (χ2v) is 5.12. The van der Waals surface area contributed by atoms with Gasteiger partial charge in [-0.3, -0.25) is 0 Å². The molecule has 0 fully saturated rings. The molecule has 0 saturated carbocycles. The van der Waals surface area contributed by atoms with Crippen LogP contribution >= 0.6 is 27.5 Å². The third kappa shape index (κ3) is 2.82. The van der Waals surface area contributed by atoms with Gasteiger partial charge < -0.3 is 9.88 Å². The summed E-state index contributed by atoms with van der Waals surface area (Å²) in [6, 6.07) is 6.17. The summed E-state index contributed by atoms with van der Waals surface area (Å²) in [7, 11) is 1.90. The summed E-state index contributed by atoms with van der Waals surface area (Å²) in [5.41, 5.74) is 2.28. The predicted octanol–water partition coefficient (Wildman–Crippen LogP) is 3.76. The van der Waals surface area contributed by atoms with E-state index < -0.39 is 0 Å². The summed E-state index contributed by atoms with van der Waals surface area (Å²) >= 11 is 9.43. The number of rotatable bonds is 3. The Bertz CT molecular complexity index is 537. The van der Waals surface area contributed by atoms with Crippen LogP contribution in [0.2, 0.25) is 5.15 Å². The van der Waals surface area contributed by atoms with Gasteiger partial charge in [0.1, 0.15) is 11.0 Å². The zero-order chi connectivity index (χ0) is 12.4. The lowest BCUT2D eigenvalue weighted by Crippen LogP contribution is -2.06. The second kappa shape index (κ2) is 5.10. The summed E-state index contributed by atoms with van der Waals surface area (Å²) in [6.45, 7) is 2.71. The molecule has 0 saturated heterocycles. The molecular weight excluding hydrogens is 302 g/mol. The molecule has 0 aliphatic rings. The Morgan fingerprint density at radius 1 is 1.47 bits per heavy atom. The average molecular weight is 315 g/mol. The smallest absolute Gasteiger partial charge is 0.128 e. The molecule has 17 heavy (non-hydrogen) atoms. The summed E-state index contributed by atoms with van der Waals surface area (Å²) in [6.07, 6.45) is 1.66. The molecule has 1 aromatic heterocycles. The minimum atomic E-state index is 0.645. The number of nitrogens with zero attached hydrogens (tertiary/aromatic N) is 2. The van der Waals surface area contributed by atoms with E-state index in [2.05, 4.69) is 45.3 Å². The van der Waals surface area contributed by atoms with Crippen molar-refractivity contribution in [2.45, 2.75) is 13.5 Å². The minimum Gasteiger partial charge on any atom is -0.378 e. The Kier molecular flexibility index (Phi) is 3.74. The van der Waals surface area contributed by atoms with Crippen LogP contribution in [0.25, 0.3) is 0 Å². The van der Waals surface area contributed by atoms with E-state index in [-0.39, 0.29) is 0 Å². The van der Waals surface area contributed by atoms with Gasteiger partial charge >= 0.3 is 0 Å². The van der Waals surface area contributed by atoms with Crippen molar-refractivity contribution in [3.05, 3.63) is 45.4 Å². The Balaban J connectivity index is 2.07. The highest BCUT2D eigenvalue weighted by atomic mass is 79.9. The van der Waals surface area contributed by atoms with E-state index in [1.807, 2.05) is 17.7 Å². The lowest BCUT2D eigenvalue weighted by atomic mass is 10.2. The second-order valence-electron chi connectivity index (χ2n) is 3.87. The molecule has 1 heterocycles. The molecule has 0 atom stereocenters. The molecule has 1 N–H and O–H groups in total. The normalized spacial score (nSPS) is 10.6. The Hall–Kier alpha value is -1.00. The van der Waals surface area contributed by atoms with E-state index in [1.165, 1.54) is 5.56 Å². The van der Waals surface area contributed by atoms with E-state index >= 15 is 0 Å². The van der Waals surface area contributed by atoms with Crippen LogP contribution in [0.5, 0.6) is 0 Å². The zero-order valence-electron chi connectivity index (χ0n) is 9.67. The van der Waals surface area contributed by atoms with E-state index in [1.54, 1.807) is 6.20 Å². The predicted molar refractivity (Wildman–Crippen MR) is 74.4 cm³/mol. The SMILES string of the molecule is Cc1ccc(NCc2ncc(Cl)n2C)cc1Br. The minimum absolute atomic E-state index is 0.645. The van der Waals surface area contributed by atoms with Crippen molar-refractivity contribution in [3.8, 4) is 0 Å². The molecule has 0 bridgehead atoms. The number of nitrogens with one attached hydrogen (secondary N) is 1. The average Bonchev–Trinajstić information content (AvgIpc) is 2.62. The van der Waals surface area contributed by atoms with Crippen LogP contribution in [0.3, 0.4) is 0 Å². The molecule has 0 unspecified atom stereocenters. The van der Waals surface area contributed by atoms with Crippen LogP contribution in [0.1, 0.15) is 11.4 Å². The van der Waals surface area contributed by atoms with Gasteiger partial charge in [-0.05, 0) is 24.6 Å². The van der Waals surface area contributed by atoms with Crippen molar-refractivity contribution in [1.82, 2.24) is 9.55 Å². The van der Waals surface area contributed by atoms with Crippen LogP contribution in [-0.2, 0) is 13.6 Å². The molecule has 0 amide bonds. The molecule has 90 valence electrons. The first-order chi connectivity index (χ1) is 8.08. The van der Waals surface area contributed by atoms with Gasteiger partial charge in [-0.1, -0.05) is 33.6 Å². The van der Waals surface area contributed by atoms with Crippen LogP contribution in [0, 0.1) is 6.92 Å². The fourth-order valence-electron chi connectivity index (χ4n) is 1.47. The topological polar surface area (TPSA) is 29.9 Å². The summed E-state index contributed by atoms with van der Waals surface area (Å²) in [5.74, 6) is 0.909. The van der Waals surface area contributed by atoms with Crippen LogP contribution in [-0.4, -0.2) is 9.55 Å². The van der Waals surface area contributed by atoms with Crippen molar-refractivity contribution < 1.29 is 0 Å². The zero-order valence-corrected chi connectivity index (χ0v) is 12.0. The van der Waals surface area contributed by atoms with Gasteiger partial charge in [0.05, 0.1) is 12.7 Å². The Morgan fingerprint density at radius 2 is 2.24 bits per heavy atom. The van der Waals surface area contributed by atoms with Gasteiger partial charge in [-0.15, -0.1) is 0 Å². The fourth-order valence-corrected chi connectivity index (χ4v) is 2.00. The van der Waals surface area contributed by atoms with Crippen molar-refractivity contribution in [2.24, 2.45) is 7.05 Å². The van der Waals surface area contributed by atoms with Crippen molar-refractivity contribution >= 4 is 33.2 Å². The van der Waals surface area contributed by atoms with Crippen LogP contribution in [0.4, 0.5) is 5.69 Å². The molecule has 0 aliphatic heterocycles. The van der Waals surface area contributed by atoms with E-state index in [0.29, 0.717) is 11.7 Å². The van der Waals surface area contributed by atoms with Crippen LogP contribution in [0.15, 0.2) is 28.9 Å². The van der Waals surface area contributed by atoms with Crippen molar-refractivity contribution in [2.75, 3.05) is 5.32 Å². The first-order valence-electron chi connectivity index (χ1n) is 5.24. The van der Waals surface area contributed by atoms with Gasteiger partial charge in [0.15, 0.2) is 0 Å². The van der Waals surface area contributed by atoms with Crippen molar-refractivity contribution in [1.29, 1.82) is 0 Å². The van der Waals surface area contributed by atoms with Crippen molar-refractivity contribution in [3.63, 3.8) is 0 Å². The molecule has 1 aromatic carbocycles. The highest BCUT2D eigenvalue weighted by Gasteiger charge is 2.04. The monoisotopic (exact) mass is 313 g/mol. The number of hydrogen-bond donors (Lipinski definition) is 1. The van der Waals surface area contributed by atoms with Crippen LogP contribution < -0.4 is 5.32 Å². The van der Waals surface area contributed by atoms with Gasteiger partial charge in [0, 0.05) is 17.2 Å². The lowest BCUT2D eigenvalue weighted by molar-refractivity contribution is 0.813.